The van der Waals surface area contributed by atoms with Gasteiger partial charge in [-0.25, -0.2) is 4.39 Å². The lowest BCUT2D eigenvalue weighted by Crippen LogP contribution is -2.48. The Bertz CT molecular complexity index is 441. The monoisotopic (exact) mass is 322 g/mol. The summed E-state index contributed by atoms with van der Waals surface area (Å²) >= 11 is 0. The summed E-state index contributed by atoms with van der Waals surface area (Å²) in [5.41, 5.74) is 1.20. The molecule has 0 saturated carbocycles. The number of nitrogens with zero attached hydrogens (tertiary/aromatic N) is 1. The Hall–Kier alpha value is -0.970. The van der Waals surface area contributed by atoms with E-state index in [1.54, 1.807) is 0 Å². The number of rotatable bonds is 8. The van der Waals surface area contributed by atoms with Crippen molar-refractivity contribution in [2.24, 2.45) is 5.92 Å². The average Bonchev–Trinajstić information content (AvgIpc) is 2.54. The van der Waals surface area contributed by atoms with Crippen molar-refractivity contribution in [3.05, 3.63) is 35.6 Å². The molecule has 130 valence electrons. The topological polar surface area (TPSA) is 35.5 Å². The number of likely N-dealkylation sites (tertiary alicyclic amines) is 1. The third-order valence-corrected chi connectivity index (χ3v) is 4.67. The van der Waals surface area contributed by atoms with Crippen molar-refractivity contribution in [1.82, 2.24) is 10.2 Å². The molecule has 1 aromatic rings. The van der Waals surface area contributed by atoms with Crippen molar-refractivity contribution < 1.29 is 9.50 Å². The molecular formula is C19H31FN2O. The lowest BCUT2D eigenvalue weighted by Gasteiger charge is -2.34. The van der Waals surface area contributed by atoms with Crippen LogP contribution in [0.4, 0.5) is 4.39 Å². The molecular weight excluding hydrogens is 291 g/mol. The first kappa shape index (κ1) is 18.4. The Morgan fingerprint density at radius 1 is 1.22 bits per heavy atom. The van der Waals surface area contributed by atoms with Gasteiger partial charge in [-0.2, -0.15) is 0 Å². The van der Waals surface area contributed by atoms with E-state index < -0.39 is 0 Å². The Labute approximate surface area is 139 Å². The molecule has 1 fully saturated rings. The second kappa shape index (κ2) is 9.36. The Morgan fingerprint density at radius 2 is 1.87 bits per heavy atom. The second-order valence-electron chi connectivity index (χ2n) is 7.17. The van der Waals surface area contributed by atoms with E-state index in [4.69, 9.17) is 0 Å². The summed E-state index contributed by atoms with van der Waals surface area (Å²) in [4.78, 5) is 2.48. The van der Waals surface area contributed by atoms with Crippen LogP contribution >= 0.6 is 0 Å². The van der Waals surface area contributed by atoms with Crippen molar-refractivity contribution in [3.8, 4) is 0 Å². The summed E-state index contributed by atoms with van der Waals surface area (Å²) < 4.78 is 12.9. The van der Waals surface area contributed by atoms with Crippen LogP contribution in [0.15, 0.2) is 24.3 Å². The van der Waals surface area contributed by atoms with E-state index in [0.29, 0.717) is 12.0 Å². The maximum absolute atomic E-state index is 12.9. The summed E-state index contributed by atoms with van der Waals surface area (Å²) in [6, 6.07) is 7.58. The molecule has 1 aromatic carbocycles. The Kier molecular flexibility index (Phi) is 7.47. The van der Waals surface area contributed by atoms with Crippen molar-refractivity contribution in [2.45, 2.75) is 51.6 Å². The van der Waals surface area contributed by atoms with Crippen LogP contribution in [-0.2, 0) is 6.42 Å². The number of hydrogen-bond acceptors (Lipinski definition) is 3. The third kappa shape index (κ3) is 6.58. The fourth-order valence-corrected chi connectivity index (χ4v) is 3.36. The molecule has 0 amide bonds. The highest BCUT2D eigenvalue weighted by molar-refractivity contribution is 5.16. The number of aliphatic hydroxyl groups excluding tert-OH is 1. The maximum atomic E-state index is 12.9. The van der Waals surface area contributed by atoms with Gasteiger partial charge >= 0.3 is 0 Å². The molecule has 1 aliphatic heterocycles. The SMILES string of the molecule is CC(C)CC(CO)NC1CCN(CCc2ccc(F)cc2)CC1. The maximum Gasteiger partial charge on any atom is 0.123 e. The van der Waals surface area contributed by atoms with Crippen LogP contribution < -0.4 is 5.32 Å². The van der Waals surface area contributed by atoms with E-state index in [-0.39, 0.29) is 18.5 Å². The van der Waals surface area contributed by atoms with Gasteiger partial charge in [0.05, 0.1) is 6.61 Å². The van der Waals surface area contributed by atoms with Crippen LogP contribution in [-0.4, -0.2) is 48.3 Å². The van der Waals surface area contributed by atoms with Crippen LogP contribution in [0.1, 0.15) is 38.7 Å². The van der Waals surface area contributed by atoms with E-state index in [1.165, 1.54) is 17.7 Å². The first-order valence-electron chi connectivity index (χ1n) is 8.90. The zero-order valence-corrected chi connectivity index (χ0v) is 14.5. The molecule has 23 heavy (non-hydrogen) atoms. The van der Waals surface area contributed by atoms with Gasteiger partial charge in [-0.05, 0) is 62.4 Å². The summed E-state index contributed by atoms with van der Waals surface area (Å²) in [6.45, 7) is 7.85. The van der Waals surface area contributed by atoms with Crippen LogP contribution in [0.5, 0.6) is 0 Å². The predicted molar refractivity (Wildman–Crippen MR) is 93.0 cm³/mol. The van der Waals surface area contributed by atoms with Gasteiger partial charge in [0.15, 0.2) is 0 Å². The fraction of sp³-hybridized carbons (Fsp3) is 0.684. The molecule has 2 N–H and O–H groups in total. The quantitative estimate of drug-likeness (QED) is 0.772. The number of nitrogens with one attached hydrogen (secondary N) is 1. The molecule has 0 spiro atoms. The molecule has 0 radical (unpaired) electrons. The molecule has 2 rings (SSSR count). The van der Waals surface area contributed by atoms with Gasteiger partial charge in [-0.3, -0.25) is 0 Å². The molecule has 4 heteroatoms. The van der Waals surface area contributed by atoms with Crippen LogP contribution in [0, 0.1) is 11.7 Å². The molecule has 0 bridgehead atoms. The highest BCUT2D eigenvalue weighted by Gasteiger charge is 2.21. The van der Waals surface area contributed by atoms with E-state index in [1.807, 2.05) is 12.1 Å². The van der Waals surface area contributed by atoms with Gasteiger partial charge in [0.2, 0.25) is 0 Å². The molecule has 1 unspecified atom stereocenters. The van der Waals surface area contributed by atoms with E-state index in [0.717, 1.165) is 45.3 Å². The molecule has 1 atom stereocenters. The van der Waals surface area contributed by atoms with E-state index in [2.05, 4.69) is 24.1 Å². The van der Waals surface area contributed by atoms with Gasteiger partial charge < -0.3 is 15.3 Å². The van der Waals surface area contributed by atoms with E-state index >= 15 is 0 Å². The van der Waals surface area contributed by atoms with Crippen molar-refractivity contribution in [2.75, 3.05) is 26.2 Å². The van der Waals surface area contributed by atoms with E-state index in [9.17, 15) is 9.50 Å². The van der Waals surface area contributed by atoms with Crippen molar-refractivity contribution in [3.63, 3.8) is 0 Å². The van der Waals surface area contributed by atoms with Crippen LogP contribution in [0.25, 0.3) is 0 Å². The zero-order chi connectivity index (χ0) is 16.7. The second-order valence-corrected chi connectivity index (χ2v) is 7.17. The summed E-state index contributed by atoms with van der Waals surface area (Å²) in [7, 11) is 0. The van der Waals surface area contributed by atoms with Crippen LogP contribution in [0.2, 0.25) is 0 Å². The molecule has 1 aliphatic rings. The molecule has 1 saturated heterocycles. The fourth-order valence-electron chi connectivity index (χ4n) is 3.36. The normalized spacial score (nSPS) is 18.5. The lowest BCUT2D eigenvalue weighted by molar-refractivity contribution is 0.164. The highest BCUT2D eigenvalue weighted by atomic mass is 19.1. The molecule has 3 nitrogen and oxygen atoms in total. The minimum Gasteiger partial charge on any atom is -0.395 e. The summed E-state index contributed by atoms with van der Waals surface area (Å²) in [6.07, 6.45) is 4.28. The average molecular weight is 322 g/mol. The molecule has 1 heterocycles. The number of aliphatic hydroxyl groups is 1. The Morgan fingerprint density at radius 3 is 2.43 bits per heavy atom. The standard InChI is InChI=1S/C19H31FN2O/c1-15(2)13-19(14-23)21-18-8-11-22(12-9-18)10-7-16-3-5-17(20)6-4-16/h3-6,15,18-19,21,23H,7-14H2,1-2H3. The van der Waals surface area contributed by atoms with Crippen LogP contribution in [0.3, 0.4) is 0 Å². The Balaban J connectivity index is 1.68. The minimum absolute atomic E-state index is 0.166. The largest absolute Gasteiger partial charge is 0.395 e. The first-order valence-corrected chi connectivity index (χ1v) is 8.90. The zero-order valence-electron chi connectivity index (χ0n) is 14.5. The molecule has 0 aromatic heterocycles. The number of halogens is 1. The van der Waals surface area contributed by atoms with Gasteiger partial charge in [0, 0.05) is 18.6 Å². The summed E-state index contributed by atoms with van der Waals surface area (Å²) in [5.74, 6) is 0.441. The smallest absolute Gasteiger partial charge is 0.123 e. The molecule has 0 aliphatic carbocycles. The first-order chi connectivity index (χ1) is 11.1. The van der Waals surface area contributed by atoms with Crippen molar-refractivity contribution >= 4 is 0 Å². The highest BCUT2D eigenvalue weighted by Crippen LogP contribution is 2.14. The number of hydrogen-bond donors (Lipinski definition) is 2. The minimum atomic E-state index is -0.166. The predicted octanol–water partition coefficient (Wildman–Crippen LogP) is 2.83. The van der Waals surface area contributed by atoms with Crippen molar-refractivity contribution in [1.29, 1.82) is 0 Å². The van der Waals surface area contributed by atoms with Gasteiger partial charge in [0.25, 0.3) is 0 Å². The lowest BCUT2D eigenvalue weighted by atomic mass is 9.99. The third-order valence-electron chi connectivity index (χ3n) is 4.67. The summed E-state index contributed by atoms with van der Waals surface area (Å²) in [5, 5.41) is 13.1. The number of piperidine rings is 1. The number of benzene rings is 1. The van der Waals surface area contributed by atoms with Gasteiger partial charge in [-0.1, -0.05) is 26.0 Å². The van der Waals surface area contributed by atoms with Gasteiger partial charge in [0.1, 0.15) is 5.82 Å². The van der Waals surface area contributed by atoms with Gasteiger partial charge in [-0.15, -0.1) is 0 Å².